The minimum absolute atomic E-state index is 0.554. The lowest BCUT2D eigenvalue weighted by atomic mass is 10.1. The van der Waals surface area contributed by atoms with Crippen molar-refractivity contribution in [1.29, 1.82) is 0 Å². The van der Waals surface area contributed by atoms with Crippen LogP contribution in [0.4, 0.5) is 0 Å². The molecule has 1 heterocycles. The average Bonchev–Trinajstić information content (AvgIpc) is 2.34. The first-order valence-corrected chi connectivity index (χ1v) is 5.75. The summed E-state index contributed by atoms with van der Waals surface area (Å²) in [5.41, 5.74) is 3.09. The van der Waals surface area contributed by atoms with Crippen molar-refractivity contribution in [3.8, 4) is 5.75 Å². The molecule has 4 nitrogen and oxygen atoms in total. The molecule has 0 radical (unpaired) electrons. The number of nitrogens with zero attached hydrogens (tertiary/aromatic N) is 1. The number of carboxylic acids is 1. The van der Waals surface area contributed by atoms with Crippen LogP contribution in [-0.4, -0.2) is 22.2 Å². The highest BCUT2D eigenvalue weighted by molar-refractivity contribution is 5.88. The number of hydrogen-bond donors (Lipinski definition) is 1. The molecule has 0 saturated heterocycles. The van der Waals surface area contributed by atoms with Crippen LogP contribution >= 0.6 is 0 Å². The number of aryl methyl sites for hydroxylation is 2. The second-order valence-electron chi connectivity index (χ2n) is 4.31. The van der Waals surface area contributed by atoms with Gasteiger partial charge in [-0.05, 0) is 44.0 Å². The monoisotopic (exact) mass is 245 g/mol. The maximum absolute atomic E-state index is 10.8. The summed E-state index contributed by atoms with van der Waals surface area (Å²) in [6, 6.07) is 5.59. The first-order valence-electron chi connectivity index (χ1n) is 5.75. The summed E-state index contributed by atoms with van der Waals surface area (Å²) in [5, 5.41) is 9.71. The van der Waals surface area contributed by atoms with Gasteiger partial charge in [-0.15, -0.1) is 0 Å². The Hall–Kier alpha value is -2.10. The molecule has 4 heteroatoms. The zero-order valence-corrected chi connectivity index (χ0v) is 10.6. The highest BCUT2D eigenvalue weighted by Crippen LogP contribution is 2.28. The molecule has 1 N–H and O–H groups in total. The minimum Gasteiger partial charge on any atom is -0.479 e. The van der Waals surface area contributed by atoms with Crippen LogP contribution in [0.2, 0.25) is 0 Å². The minimum atomic E-state index is -0.983. The summed E-state index contributed by atoms with van der Waals surface area (Å²) in [7, 11) is 0. The predicted octanol–water partition coefficient (Wildman–Crippen LogP) is 2.70. The van der Waals surface area contributed by atoms with E-state index in [-0.39, 0.29) is 0 Å². The predicted molar refractivity (Wildman–Crippen MR) is 68.9 cm³/mol. The van der Waals surface area contributed by atoms with E-state index in [0.717, 1.165) is 22.0 Å². The number of hydrogen-bond acceptors (Lipinski definition) is 3. The highest BCUT2D eigenvalue weighted by Gasteiger charge is 2.15. The summed E-state index contributed by atoms with van der Waals surface area (Å²) in [5.74, 6) is -0.429. The van der Waals surface area contributed by atoms with Gasteiger partial charge in [0.1, 0.15) is 5.75 Å². The molecule has 1 aromatic carbocycles. The average molecular weight is 245 g/mol. The number of carbonyl (C=O) groups is 1. The molecule has 0 bridgehead atoms. The Balaban J connectivity index is 2.53. The summed E-state index contributed by atoms with van der Waals surface area (Å²) in [4.78, 5) is 15.1. The van der Waals surface area contributed by atoms with Gasteiger partial charge in [0.25, 0.3) is 0 Å². The van der Waals surface area contributed by atoms with Gasteiger partial charge in [-0.1, -0.05) is 6.07 Å². The van der Waals surface area contributed by atoms with Crippen molar-refractivity contribution < 1.29 is 14.6 Å². The van der Waals surface area contributed by atoms with Crippen LogP contribution in [0.1, 0.15) is 18.1 Å². The fourth-order valence-electron chi connectivity index (χ4n) is 1.78. The van der Waals surface area contributed by atoms with Crippen LogP contribution in [-0.2, 0) is 4.79 Å². The molecule has 0 spiro atoms. The number of aromatic nitrogens is 1. The maximum Gasteiger partial charge on any atom is 0.344 e. The number of aliphatic carboxylic acids is 1. The van der Waals surface area contributed by atoms with Crippen LogP contribution < -0.4 is 4.74 Å². The van der Waals surface area contributed by atoms with Gasteiger partial charge in [-0.25, -0.2) is 4.79 Å². The molecule has 2 aromatic rings. The quantitative estimate of drug-likeness (QED) is 0.903. The molecule has 0 aliphatic rings. The fourth-order valence-corrected chi connectivity index (χ4v) is 1.78. The van der Waals surface area contributed by atoms with Crippen molar-refractivity contribution in [3.63, 3.8) is 0 Å². The Morgan fingerprint density at radius 2 is 2.06 bits per heavy atom. The molecule has 0 aliphatic heterocycles. The SMILES string of the molecule is Cc1ccc2c(OC(C)C(=O)O)ccnc2c1C. The third-order valence-electron chi connectivity index (χ3n) is 3.05. The third-order valence-corrected chi connectivity index (χ3v) is 3.05. The molecule has 1 aromatic heterocycles. The van der Waals surface area contributed by atoms with E-state index < -0.39 is 12.1 Å². The van der Waals surface area contributed by atoms with Gasteiger partial charge < -0.3 is 9.84 Å². The van der Waals surface area contributed by atoms with Gasteiger partial charge in [0.05, 0.1) is 5.52 Å². The van der Waals surface area contributed by atoms with E-state index in [2.05, 4.69) is 4.98 Å². The molecule has 0 fully saturated rings. The lowest BCUT2D eigenvalue weighted by Crippen LogP contribution is -2.23. The first-order chi connectivity index (χ1) is 8.50. The van der Waals surface area contributed by atoms with Crippen LogP contribution in [0, 0.1) is 13.8 Å². The Morgan fingerprint density at radius 1 is 1.33 bits per heavy atom. The highest BCUT2D eigenvalue weighted by atomic mass is 16.5. The molecule has 2 rings (SSSR count). The maximum atomic E-state index is 10.8. The molecule has 18 heavy (non-hydrogen) atoms. The van der Waals surface area contributed by atoms with Gasteiger partial charge in [0, 0.05) is 11.6 Å². The van der Waals surface area contributed by atoms with E-state index in [0.29, 0.717) is 5.75 Å². The molecule has 0 aliphatic carbocycles. The van der Waals surface area contributed by atoms with Crippen molar-refractivity contribution >= 4 is 16.9 Å². The molecule has 94 valence electrons. The second kappa shape index (κ2) is 4.64. The van der Waals surface area contributed by atoms with Crippen LogP contribution in [0.5, 0.6) is 5.75 Å². The van der Waals surface area contributed by atoms with E-state index >= 15 is 0 Å². The standard InChI is InChI=1S/C14H15NO3/c1-8-4-5-11-12(18-10(3)14(16)17)6-7-15-13(11)9(8)2/h4-7,10H,1-3H3,(H,16,17). The van der Waals surface area contributed by atoms with Crippen LogP contribution in [0.15, 0.2) is 24.4 Å². The number of pyridine rings is 1. The summed E-state index contributed by atoms with van der Waals surface area (Å²) in [6.07, 6.45) is 0.760. The summed E-state index contributed by atoms with van der Waals surface area (Å²) < 4.78 is 5.44. The Labute approximate surface area is 105 Å². The summed E-state index contributed by atoms with van der Waals surface area (Å²) in [6.45, 7) is 5.52. The number of fused-ring (bicyclic) bond motifs is 1. The lowest BCUT2D eigenvalue weighted by Gasteiger charge is -2.13. The zero-order chi connectivity index (χ0) is 13.3. The van der Waals surface area contributed by atoms with E-state index in [1.807, 2.05) is 26.0 Å². The molecular weight excluding hydrogens is 230 g/mol. The van der Waals surface area contributed by atoms with Gasteiger partial charge in [-0.3, -0.25) is 4.98 Å². The van der Waals surface area contributed by atoms with E-state index in [4.69, 9.17) is 9.84 Å². The Bertz CT molecular complexity index is 607. The first kappa shape index (κ1) is 12.4. The Morgan fingerprint density at radius 3 is 2.72 bits per heavy atom. The number of ether oxygens (including phenoxy) is 1. The van der Waals surface area contributed by atoms with E-state index in [1.54, 1.807) is 12.3 Å². The smallest absolute Gasteiger partial charge is 0.344 e. The largest absolute Gasteiger partial charge is 0.479 e. The second-order valence-corrected chi connectivity index (χ2v) is 4.31. The molecular formula is C14H15NO3. The number of rotatable bonds is 3. The molecule has 0 amide bonds. The van der Waals surface area contributed by atoms with Crippen molar-refractivity contribution in [2.75, 3.05) is 0 Å². The van der Waals surface area contributed by atoms with Gasteiger partial charge in [-0.2, -0.15) is 0 Å². The van der Waals surface area contributed by atoms with Crippen molar-refractivity contribution in [2.45, 2.75) is 26.9 Å². The number of benzene rings is 1. The van der Waals surface area contributed by atoms with Crippen LogP contribution in [0.25, 0.3) is 10.9 Å². The van der Waals surface area contributed by atoms with Gasteiger partial charge >= 0.3 is 5.97 Å². The van der Waals surface area contributed by atoms with E-state index in [9.17, 15) is 4.79 Å². The van der Waals surface area contributed by atoms with Crippen molar-refractivity contribution in [3.05, 3.63) is 35.5 Å². The topological polar surface area (TPSA) is 59.4 Å². The van der Waals surface area contributed by atoms with E-state index in [1.165, 1.54) is 6.92 Å². The fraction of sp³-hybridized carbons (Fsp3) is 0.286. The van der Waals surface area contributed by atoms with Crippen molar-refractivity contribution in [1.82, 2.24) is 4.98 Å². The Kier molecular flexibility index (Phi) is 3.19. The zero-order valence-electron chi connectivity index (χ0n) is 10.6. The normalized spacial score (nSPS) is 12.4. The lowest BCUT2D eigenvalue weighted by molar-refractivity contribution is -0.144. The van der Waals surface area contributed by atoms with Crippen LogP contribution in [0.3, 0.4) is 0 Å². The molecule has 0 saturated carbocycles. The van der Waals surface area contributed by atoms with Gasteiger partial charge in [0.15, 0.2) is 6.10 Å². The number of carboxylic acid groups (broad SMARTS) is 1. The molecule has 1 atom stereocenters. The van der Waals surface area contributed by atoms with Gasteiger partial charge in [0.2, 0.25) is 0 Å². The van der Waals surface area contributed by atoms with Crippen molar-refractivity contribution in [2.24, 2.45) is 0 Å². The summed E-state index contributed by atoms with van der Waals surface area (Å²) >= 11 is 0. The third kappa shape index (κ3) is 2.14. The molecule has 1 unspecified atom stereocenters.